The van der Waals surface area contributed by atoms with Crippen LogP contribution in [0.1, 0.15) is 34.6 Å². The van der Waals surface area contributed by atoms with Crippen LogP contribution in [0.5, 0.6) is 0 Å². The fraction of sp³-hybridized carbons (Fsp3) is 0.158. The number of aromatic nitrogens is 4. The molecule has 1 atom stereocenters. The van der Waals surface area contributed by atoms with Gasteiger partial charge in [-0.25, -0.2) is 14.1 Å². The van der Waals surface area contributed by atoms with Crippen molar-refractivity contribution >= 4 is 22.2 Å². The molecule has 9 heteroatoms. The first-order valence-electron chi connectivity index (χ1n) is 8.52. The minimum absolute atomic E-state index is 0.0219. The number of hydrogen-bond acceptors (Lipinski definition) is 5. The molecular formula is C19H16FN5O2S. The number of halogens is 1. The van der Waals surface area contributed by atoms with E-state index in [4.69, 9.17) is 0 Å². The van der Waals surface area contributed by atoms with E-state index in [0.29, 0.717) is 10.6 Å². The number of amides is 1. The lowest BCUT2D eigenvalue weighted by molar-refractivity contribution is 0.0938. The third kappa shape index (κ3) is 3.09. The molecule has 3 aromatic heterocycles. The number of thiazole rings is 1. The highest BCUT2D eigenvalue weighted by molar-refractivity contribution is 7.15. The molecular weight excluding hydrogens is 381 g/mol. The van der Waals surface area contributed by atoms with E-state index in [1.54, 1.807) is 34.6 Å². The second-order valence-electron chi connectivity index (χ2n) is 6.30. The lowest BCUT2D eigenvalue weighted by atomic mass is 10.1. The number of rotatable bonds is 4. The van der Waals surface area contributed by atoms with Crippen molar-refractivity contribution in [2.75, 3.05) is 0 Å². The maximum Gasteiger partial charge on any atom is 0.271 e. The summed E-state index contributed by atoms with van der Waals surface area (Å²) >= 11 is 1.32. The predicted octanol–water partition coefficient (Wildman–Crippen LogP) is 2.88. The molecule has 4 rings (SSSR count). The highest BCUT2D eigenvalue weighted by Gasteiger charge is 2.20. The molecule has 28 heavy (non-hydrogen) atoms. The van der Waals surface area contributed by atoms with E-state index in [-0.39, 0.29) is 17.4 Å². The fourth-order valence-corrected chi connectivity index (χ4v) is 3.70. The van der Waals surface area contributed by atoms with Crippen molar-refractivity contribution in [1.82, 2.24) is 24.5 Å². The smallest absolute Gasteiger partial charge is 0.271 e. The van der Waals surface area contributed by atoms with Crippen LogP contribution in [0.15, 0.2) is 53.0 Å². The van der Waals surface area contributed by atoms with Crippen molar-refractivity contribution in [2.24, 2.45) is 0 Å². The van der Waals surface area contributed by atoms with Crippen molar-refractivity contribution in [2.45, 2.75) is 19.9 Å². The highest BCUT2D eigenvalue weighted by Crippen LogP contribution is 2.20. The molecule has 4 aromatic rings. The molecule has 0 aliphatic heterocycles. The fourth-order valence-electron chi connectivity index (χ4n) is 3.02. The molecule has 0 spiro atoms. The zero-order valence-corrected chi connectivity index (χ0v) is 15.9. The molecule has 0 bridgehead atoms. The number of nitrogens with zero attached hydrogens (tertiary/aromatic N) is 4. The van der Waals surface area contributed by atoms with Crippen molar-refractivity contribution < 1.29 is 9.18 Å². The molecule has 3 heterocycles. The Bertz CT molecular complexity index is 1230. The summed E-state index contributed by atoms with van der Waals surface area (Å²) in [7, 11) is 0. The minimum atomic E-state index is -0.500. The van der Waals surface area contributed by atoms with Gasteiger partial charge >= 0.3 is 0 Å². The van der Waals surface area contributed by atoms with Gasteiger partial charge in [0, 0.05) is 29.0 Å². The van der Waals surface area contributed by atoms with E-state index < -0.39 is 11.5 Å². The van der Waals surface area contributed by atoms with Crippen molar-refractivity contribution in [3.63, 3.8) is 0 Å². The van der Waals surface area contributed by atoms with Gasteiger partial charge in [0.2, 0.25) is 0 Å². The predicted molar refractivity (Wildman–Crippen MR) is 103 cm³/mol. The Balaban J connectivity index is 1.59. The molecule has 0 saturated heterocycles. The van der Waals surface area contributed by atoms with Gasteiger partial charge in [0.25, 0.3) is 11.5 Å². The summed E-state index contributed by atoms with van der Waals surface area (Å²) in [5, 5.41) is 8.89. The normalized spacial score (nSPS) is 12.2. The Kier molecular flexibility index (Phi) is 4.52. The zero-order valence-electron chi connectivity index (χ0n) is 15.1. The Morgan fingerprint density at radius 2 is 2.00 bits per heavy atom. The molecule has 0 aliphatic carbocycles. The van der Waals surface area contributed by atoms with E-state index in [0.717, 1.165) is 11.3 Å². The van der Waals surface area contributed by atoms with Crippen LogP contribution in [-0.4, -0.2) is 25.1 Å². The van der Waals surface area contributed by atoms with E-state index in [1.807, 2.05) is 13.8 Å². The standard InChI is InChI=1S/C19H16FN5O2S/c1-11(15-10-22-25(12(15)2)14-5-3-13(20)4-6-14)23-17(26)16-9-21-19-24(18(16)27)7-8-28-19/h3-11H,1-2H3,(H,23,26). The number of benzene rings is 1. The quantitative estimate of drug-likeness (QED) is 0.574. The van der Waals surface area contributed by atoms with Crippen LogP contribution in [-0.2, 0) is 0 Å². The summed E-state index contributed by atoms with van der Waals surface area (Å²) in [5.41, 5.74) is 1.89. The molecule has 0 radical (unpaired) electrons. The molecule has 1 aromatic carbocycles. The van der Waals surface area contributed by atoms with Gasteiger partial charge in [-0.1, -0.05) is 0 Å². The van der Waals surface area contributed by atoms with Gasteiger partial charge in [0.15, 0.2) is 4.96 Å². The van der Waals surface area contributed by atoms with E-state index in [9.17, 15) is 14.0 Å². The zero-order chi connectivity index (χ0) is 19.8. The Hall–Kier alpha value is -3.33. The summed E-state index contributed by atoms with van der Waals surface area (Å²) in [5.74, 6) is -0.823. The number of fused-ring (bicyclic) bond motifs is 1. The average Bonchev–Trinajstić information content (AvgIpc) is 3.30. The SMILES string of the molecule is Cc1c(C(C)NC(=O)c2cnc3sccn3c2=O)cnn1-c1ccc(F)cc1. The van der Waals surface area contributed by atoms with E-state index in [2.05, 4.69) is 15.4 Å². The highest BCUT2D eigenvalue weighted by atomic mass is 32.1. The molecule has 1 unspecified atom stereocenters. The van der Waals surface area contributed by atoms with Crippen LogP contribution in [0.3, 0.4) is 0 Å². The second-order valence-corrected chi connectivity index (χ2v) is 7.17. The van der Waals surface area contributed by atoms with Crippen LogP contribution < -0.4 is 10.9 Å². The molecule has 1 amide bonds. The van der Waals surface area contributed by atoms with Crippen LogP contribution in [0.2, 0.25) is 0 Å². The van der Waals surface area contributed by atoms with Crippen molar-refractivity contribution in [1.29, 1.82) is 0 Å². The van der Waals surface area contributed by atoms with Crippen LogP contribution in [0.25, 0.3) is 10.6 Å². The van der Waals surface area contributed by atoms with E-state index >= 15 is 0 Å². The number of hydrogen-bond donors (Lipinski definition) is 1. The summed E-state index contributed by atoms with van der Waals surface area (Å²) in [6, 6.07) is 5.60. The lowest BCUT2D eigenvalue weighted by Gasteiger charge is -2.14. The van der Waals surface area contributed by atoms with Gasteiger partial charge in [-0.2, -0.15) is 5.10 Å². The first kappa shape index (κ1) is 18.1. The first-order valence-corrected chi connectivity index (χ1v) is 9.40. The van der Waals surface area contributed by atoms with Crippen LogP contribution in [0, 0.1) is 12.7 Å². The Morgan fingerprint density at radius 3 is 2.75 bits per heavy atom. The van der Waals surface area contributed by atoms with Gasteiger partial charge in [-0.15, -0.1) is 11.3 Å². The maximum absolute atomic E-state index is 13.1. The monoisotopic (exact) mass is 397 g/mol. The number of nitrogens with one attached hydrogen (secondary N) is 1. The first-order chi connectivity index (χ1) is 13.5. The van der Waals surface area contributed by atoms with Gasteiger partial charge in [-0.3, -0.25) is 14.0 Å². The maximum atomic E-state index is 13.1. The minimum Gasteiger partial charge on any atom is -0.345 e. The molecule has 0 fully saturated rings. The molecule has 7 nitrogen and oxygen atoms in total. The number of carbonyl (C=O) groups excluding carboxylic acids is 1. The third-order valence-corrected chi connectivity index (χ3v) is 5.29. The van der Waals surface area contributed by atoms with Gasteiger partial charge in [0.05, 0.1) is 17.9 Å². The summed E-state index contributed by atoms with van der Waals surface area (Å²) in [4.78, 5) is 29.7. The summed E-state index contributed by atoms with van der Waals surface area (Å²) < 4.78 is 16.2. The topological polar surface area (TPSA) is 81.3 Å². The lowest BCUT2D eigenvalue weighted by Crippen LogP contribution is -2.33. The number of carbonyl (C=O) groups is 1. The Morgan fingerprint density at radius 1 is 1.25 bits per heavy atom. The average molecular weight is 397 g/mol. The molecule has 1 N–H and O–H groups in total. The molecule has 0 aliphatic rings. The summed E-state index contributed by atoms with van der Waals surface area (Å²) in [6.07, 6.45) is 4.54. The van der Waals surface area contributed by atoms with Gasteiger partial charge in [-0.05, 0) is 38.1 Å². The third-order valence-electron chi connectivity index (χ3n) is 4.52. The molecule has 0 saturated carbocycles. The summed E-state index contributed by atoms with van der Waals surface area (Å²) in [6.45, 7) is 3.67. The van der Waals surface area contributed by atoms with E-state index in [1.165, 1.54) is 34.1 Å². The largest absolute Gasteiger partial charge is 0.345 e. The molecule has 142 valence electrons. The second kappa shape index (κ2) is 7.01. The van der Waals surface area contributed by atoms with Crippen LogP contribution in [0.4, 0.5) is 4.39 Å². The van der Waals surface area contributed by atoms with Crippen LogP contribution >= 0.6 is 11.3 Å². The van der Waals surface area contributed by atoms with Crippen molar-refractivity contribution in [3.8, 4) is 5.69 Å². The van der Waals surface area contributed by atoms with Crippen molar-refractivity contribution in [3.05, 3.63) is 81.2 Å². The van der Waals surface area contributed by atoms with Gasteiger partial charge < -0.3 is 5.32 Å². The van der Waals surface area contributed by atoms with Gasteiger partial charge in [0.1, 0.15) is 11.4 Å². The Labute approximate surface area is 163 Å².